The fourth-order valence-corrected chi connectivity index (χ4v) is 3.87. The molecule has 2 aromatic carbocycles. The van der Waals surface area contributed by atoms with Crippen molar-refractivity contribution >= 4 is 26.8 Å². The van der Waals surface area contributed by atoms with Crippen molar-refractivity contribution in [1.29, 1.82) is 0 Å². The third-order valence-electron chi connectivity index (χ3n) is 3.95. The molecule has 0 unspecified atom stereocenters. The van der Waals surface area contributed by atoms with E-state index in [0.29, 0.717) is 28.0 Å². The lowest BCUT2D eigenvalue weighted by Crippen LogP contribution is -2.32. The number of nitrogens with one attached hydrogen (secondary N) is 1. The third kappa shape index (κ3) is 4.01. The molecule has 3 aromatic rings. The topological polar surface area (TPSA) is 94.6 Å². The van der Waals surface area contributed by atoms with E-state index in [-0.39, 0.29) is 11.3 Å². The number of hydrogen-bond donors (Lipinski definition) is 1. The number of para-hydroxylation sites is 1. The van der Waals surface area contributed by atoms with E-state index in [0.717, 1.165) is 0 Å². The highest BCUT2D eigenvalue weighted by atomic mass is 32.2. The number of benzene rings is 2. The minimum Gasteiger partial charge on any atom is -0.493 e. The van der Waals surface area contributed by atoms with Gasteiger partial charge in [0.25, 0.3) is 10.0 Å². The highest BCUT2D eigenvalue weighted by molar-refractivity contribution is 7.90. The maximum absolute atomic E-state index is 12.7. The fraction of sp³-hybridized carbons (Fsp3) is 0.158. The minimum absolute atomic E-state index is 0.0405. The predicted octanol–water partition coefficient (Wildman–Crippen LogP) is 2.30. The number of pyridine rings is 1. The molecule has 1 N–H and O–H groups in total. The number of sulfonamides is 1. The monoisotopic (exact) mass is 386 g/mol. The number of aromatic nitrogens is 1. The first-order valence-corrected chi connectivity index (χ1v) is 9.53. The van der Waals surface area contributed by atoms with Gasteiger partial charge in [-0.15, -0.1) is 0 Å². The molecule has 140 valence electrons. The van der Waals surface area contributed by atoms with E-state index in [1.165, 1.54) is 26.5 Å². The summed E-state index contributed by atoms with van der Waals surface area (Å²) in [5.74, 6) is 0.329. The van der Waals surface area contributed by atoms with Gasteiger partial charge in [-0.05, 0) is 29.8 Å². The molecule has 0 fully saturated rings. The number of rotatable bonds is 6. The van der Waals surface area contributed by atoms with Gasteiger partial charge in [0, 0.05) is 11.6 Å². The van der Waals surface area contributed by atoms with Crippen molar-refractivity contribution in [2.24, 2.45) is 0 Å². The van der Waals surface area contributed by atoms with Crippen LogP contribution >= 0.6 is 0 Å². The summed E-state index contributed by atoms with van der Waals surface area (Å²) in [6.45, 7) is 0. The number of hydrogen-bond acceptors (Lipinski definition) is 6. The van der Waals surface area contributed by atoms with Crippen molar-refractivity contribution in [3.8, 4) is 11.5 Å². The summed E-state index contributed by atoms with van der Waals surface area (Å²) in [5.41, 5.74) is 0.905. The molecule has 0 atom stereocenters. The van der Waals surface area contributed by atoms with Gasteiger partial charge in [0.2, 0.25) is 5.91 Å². The number of methoxy groups -OCH3 is 2. The van der Waals surface area contributed by atoms with E-state index < -0.39 is 15.9 Å². The quantitative estimate of drug-likeness (QED) is 0.699. The molecule has 3 rings (SSSR count). The van der Waals surface area contributed by atoms with Gasteiger partial charge in [-0.3, -0.25) is 9.78 Å². The average Bonchev–Trinajstić information content (AvgIpc) is 2.66. The molecule has 1 aromatic heterocycles. The zero-order valence-electron chi connectivity index (χ0n) is 14.8. The zero-order valence-corrected chi connectivity index (χ0v) is 15.6. The van der Waals surface area contributed by atoms with Gasteiger partial charge in [-0.1, -0.05) is 24.3 Å². The van der Waals surface area contributed by atoms with Crippen LogP contribution in [-0.4, -0.2) is 33.5 Å². The van der Waals surface area contributed by atoms with Gasteiger partial charge in [-0.25, -0.2) is 13.1 Å². The average molecular weight is 386 g/mol. The van der Waals surface area contributed by atoms with Crippen molar-refractivity contribution < 1.29 is 22.7 Å². The van der Waals surface area contributed by atoms with Gasteiger partial charge in [-0.2, -0.15) is 0 Å². The number of fused-ring (bicyclic) bond motifs is 1. The van der Waals surface area contributed by atoms with E-state index in [1.54, 1.807) is 42.5 Å². The summed E-state index contributed by atoms with van der Waals surface area (Å²) in [6, 6.07) is 13.2. The standard InChI is InChI=1S/C19H18N2O5S/c1-25-15-9-8-13(11-16(15)26-2)12-18(22)21-27(23,24)17-7-3-5-14-6-4-10-20-19(14)17/h3-11H,12H2,1-2H3,(H,21,22). The number of nitrogens with zero attached hydrogens (tertiary/aromatic N) is 1. The molecular weight excluding hydrogens is 368 g/mol. The summed E-state index contributed by atoms with van der Waals surface area (Å²) >= 11 is 0. The van der Waals surface area contributed by atoms with Crippen LogP contribution in [-0.2, 0) is 21.2 Å². The highest BCUT2D eigenvalue weighted by Crippen LogP contribution is 2.27. The molecule has 27 heavy (non-hydrogen) atoms. The summed E-state index contributed by atoms with van der Waals surface area (Å²) < 4.78 is 37.7. The molecule has 0 aliphatic carbocycles. The van der Waals surface area contributed by atoms with E-state index in [9.17, 15) is 13.2 Å². The first kappa shape index (κ1) is 18.7. The van der Waals surface area contributed by atoms with E-state index in [1.807, 2.05) is 0 Å². The van der Waals surface area contributed by atoms with Gasteiger partial charge in [0.05, 0.1) is 26.2 Å². The molecule has 0 bridgehead atoms. The molecule has 0 radical (unpaired) electrons. The molecule has 0 aliphatic heterocycles. The predicted molar refractivity (Wildman–Crippen MR) is 100 cm³/mol. The van der Waals surface area contributed by atoms with E-state index in [2.05, 4.69) is 9.71 Å². The van der Waals surface area contributed by atoms with Crippen LogP contribution in [0.25, 0.3) is 10.9 Å². The lowest BCUT2D eigenvalue weighted by molar-refractivity contribution is -0.118. The summed E-state index contributed by atoms with van der Waals surface area (Å²) in [4.78, 5) is 16.4. The second-order valence-corrected chi connectivity index (χ2v) is 7.38. The van der Waals surface area contributed by atoms with Crippen molar-refractivity contribution in [2.75, 3.05) is 14.2 Å². The lowest BCUT2D eigenvalue weighted by Gasteiger charge is -2.11. The van der Waals surface area contributed by atoms with Crippen LogP contribution in [0.2, 0.25) is 0 Å². The van der Waals surface area contributed by atoms with Gasteiger partial charge in [0.15, 0.2) is 11.5 Å². The third-order valence-corrected chi connectivity index (χ3v) is 5.35. The molecule has 8 heteroatoms. The fourth-order valence-electron chi connectivity index (χ4n) is 2.71. The SMILES string of the molecule is COc1ccc(CC(=O)NS(=O)(=O)c2cccc3cccnc23)cc1OC. The van der Waals surface area contributed by atoms with Crippen molar-refractivity contribution in [3.63, 3.8) is 0 Å². The smallest absolute Gasteiger partial charge is 0.266 e. The largest absolute Gasteiger partial charge is 0.493 e. The van der Waals surface area contributed by atoms with Gasteiger partial charge < -0.3 is 9.47 Å². The minimum atomic E-state index is -4.05. The number of carbonyl (C=O) groups excluding carboxylic acids is 1. The first-order valence-electron chi connectivity index (χ1n) is 8.05. The van der Waals surface area contributed by atoms with Crippen LogP contribution < -0.4 is 14.2 Å². The molecule has 7 nitrogen and oxygen atoms in total. The second kappa shape index (κ2) is 7.63. The number of ether oxygens (including phenoxy) is 2. The number of carbonyl (C=O) groups is 1. The van der Waals surface area contributed by atoms with Crippen molar-refractivity contribution in [3.05, 3.63) is 60.3 Å². The Morgan fingerprint density at radius 2 is 1.78 bits per heavy atom. The Kier molecular flexibility index (Phi) is 5.27. The van der Waals surface area contributed by atoms with Crippen LogP contribution in [0, 0.1) is 0 Å². The Labute approximate surface area is 157 Å². The van der Waals surface area contributed by atoms with Crippen molar-refractivity contribution in [2.45, 2.75) is 11.3 Å². The lowest BCUT2D eigenvalue weighted by atomic mass is 10.1. The van der Waals surface area contributed by atoms with Gasteiger partial charge >= 0.3 is 0 Å². The normalized spacial score (nSPS) is 11.2. The van der Waals surface area contributed by atoms with Crippen LogP contribution in [0.1, 0.15) is 5.56 Å². The van der Waals surface area contributed by atoms with Gasteiger partial charge in [0.1, 0.15) is 4.90 Å². The zero-order chi connectivity index (χ0) is 19.4. The van der Waals surface area contributed by atoms with E-state index in [4.69, 9.17) is 9.47 Å². The molecular formula is C19H18N2O5S. The summed E-state index contributed by atoms with van der Waals surface area (Å²) in [5, 5.41) is 0.674. The number of amides is 1. The molecule has 0 aliphatic rings. The van der Waals surface area contributed by atoms with Crippen LogP contribution in [0.15, 0.2) is 59.6 Å². The second-order valence-electron chi connectivity index (χ2n) is 5.73. The maximum Gasteiger partial charge on any atom is 0.266 e. The summed E-state index contributed by atoms with van der Waals surface area (Å²) in [6.07, 6.45) is 1.38. The highest BCUT2D eigenvalue weighted by Gasteiger charge is 2.21. The first-order chi connectivity index (χ1) is 12.9. The Hall–Kier alpha value is -3.13. The molecule has 1 heterocycles. The Bertz CT molecular complexity index is 1090. The Balaban J connectivity index is 1.83. The molecule has 0 saturated carbocycles. The van der Waals surface area contributed by atoms with E-state index >= 15 is 0 Å². The molecule has 1 amide bonds. The molecule has 0 saturated heterocycles. The molecule has 0 spiro atoms. The van der Waals surface area contributed by atoms with Crippen LogP contribution in [0.5, 0.6) is 11.5 Å². The van der Waals surface area contributed by atoms with Crippen molar-refractivity contribution in [1.82, 2.24) is 9.71 Å². The maximum atomic E-state index is 12.7. The Morgan fingerprint density at radius 1 is 1.04 bits per heavy atom. The summed E-state index contributed by atoms with van der Waals surface area (Å²) in [7, 11) is -1.06. The van der Waals surface area contributed by atoms with Crippen LogP contribution in [0.3, 0.4) is 0 Å². The van der Waals surface area contributed by atoms with Crippen LogP contribution in [0.4, 0.5) is 0 Å². The Morgan fingerprint density at radius 3 is 2.52 bits per heavy atom.